The third-order valence-electron chi connectivity index (χ3n) is 5.48. The number of rotatable bonds is 3. The van der Waals surface area contributed by atoms with Crippen LogP contribution in [0, 0.1) is 11.3 Å². The molecule has 0 saturated carbocycles. The van der Waals surface area contributed by atoms with Crippen LogP contribution in [0.4, 0.5) is 0 Å². The minimum Gasteiger partial charge on any atom is -0.207 e. The van der Waals surface area contributed by atoms with Crippen LogP contribution in [0.3, 0.4) is 0 Å². The Hall–Kier alpha value is -2.68. The molecule has 1 fully saturated rings. The Labute approximate surface area is 159 Å². The van der Waals surface area contributed by atoms with Gasteiger partial charge < -0.3 is 0 Å². The van der Waals surface area contributed by atoms with Crippen molar-refractivity contribution in [2.45, 2.75) is 23.2 Å². The molecule has 4 nitrogen and oxygen atoms in total. The lowest BCUT2D eigenvalue weighted by molar-refractivity contribution is 0.277. The van der Waals surface area contributed by atoms with Gasteiger partial charge in [0.05, 0.1) is 16.4 Å². The van der Waals surface area contributed by atoms with E-state index >= 15 is 0 Å². The Bertz CT molecular complexity index is 1100. The molecule has 0 aromatic heterocycles. The van der Waals surface area contributed by atoms with E-state index in [4.69, 9.17) is 0 Å². The molecule has 27 heavy (non-hydrogen) atoms. The van der Waals surface area contributed by atoms with Crippen LogP contribution in [-0.4, -0.2) is 25.8 Å². The van der Waals surface area contributed by atoms with Crippen molar-refractivity contribution in [3.8, 4) is 6.07 Å². The third kappa shape index (κ3) is 3.01. The van der Waals surface area contributed by atoms with Gasteiger partial charge in [-0.3, -0.25) is 0 Å². The number of hydrogen-bond donors (Lipinski definition) is 0. The minimum absolute atomic E-state index is 0.338. The number of sulfonamides is 1. The molecule has 4 rings (SSSR count). The molecule has 0 N–H and O–H groups in total. The topological polar surface area (TPSA) is 61.2 Å². The van der Waals surface area contributed by atoms with Gasteiger partial charge in [0, 0.05) is 18.5 Å². The van der Waals surface area contributed by atoms with Crippen molar-refractivity contribution in [1.29, 1.82) is 5.26 Å². The lowest BCUT2D eigenvalue weighted by Gasteiger charge is -2.37. The fraction of sp³-hybridized carbons (Fsp3) is 0.227. The highest BCUT2D eigenvalue weighted by atomic mass is 32.2. The smallest absolute Gasteiger partial charge is 0.207 e. The monoisotopic (exact) mass is 376 g/mol. The lowest BCUT2D eigenvalue weighted by Crippen LogP contribution is -2.44. The molecule has 5 heteroatoms. The van der Waals surface area contributed by atoms with Gasteiger partial charge in [0.2, 0.25) is 10.0 Å². The molecule has 0 spiro atoms. The predicted molar refractivity (Wildman–Crippen MR) is 106 cm³/mol. The Morgan fingerprint density at radius 2 is 1.48 bits per heavy atom. The van der Waals surface area contributed by atoms with Gasteiger partial charge in [-0.25, -0.2) is 8.42 Å². The first-order valence-corrected chi connectivity index (χ1v) is 10.5. The summed E-state index contributed by atoms with van der Waals surface area (Å²) in [5, 5.41) is 11.5. The van der Waals surface area contributed by atoms with Crippen LogP contribution in [0.2, 0.25) is 0 Å². The maximum atomic E-state index is 13.3. The van der Waals surface area contributed by atoms with Crippen molar-refractivity contribution in [1.82, 2.24) is 4.31 Å². The van der Waals surface area contributed by atoms with Crippen LogP contribution in [-0.2, 0) is 15.4 Å². The molecule has 0 bridgehead atoms. The summed E-state index contributed by atoms with van der Waals surface area (Å²) in [6, 6.07) is 25.0. The number of nitriles is 1. The zero-order valence-corrected chi connectivity index (χ0v) is 15.7. The lowest BCUT2D eigenvalue weighted by atomic mass is 9.74. The van der Waals surface area contributed by atoms with Gasteiger partial charge in [-0.15, -0.1) is 0 Å². The Balaban J connectivity index is 1.65. The first-order valence-electron chi connectivity index (χ1n) is 9.02. The van der Waals surface area contributed by atoms with E-state index in [-0.39, 0.29) is 0 Å². The molecule has 136 valence electrons. The van der Waals surface area contributed by atoms with Gasteiger partial charge in [-0.1, -0.05) is 66.7 Å². The first kappa shape index (κ1) is 17.7. The number of fused-ring (bicyclic) bond motifs is 1. The average molecular weight is 376 g/mol. The fourth-order valence-electron chi connectivity index (χ4n) is 3.89. The van der Waals surface area contributed by atoms with E-state index in [1.165, 1.54) is 4.31 Å². The number of piperidine rings is 1. The zero-order valence-electron chi connectivity index (χ0n) is 14.9. The molecule has 1 aliphatic rings. The Kier molecular flexibility index (Phi) is 4.47. The highest BCUT2D eigenvalue weighted by Gasteiger charge is 2.40. The van der Waals surface area contributed by atoms with Crippen LogP contribution in [0.1, 0.15) is 18.4 Å². The van der Waals surface area contributed by atoms with Crippen molar-refractivity contribution >= 4 is 20.8 Å². The van der Waals surface area contributed by atoms with E-state index in [1.54, 1.807) is 12.1 Å². The van der Waals surface area contributed by atoms with Crippen LogP contribution < -0.4 is 0 Å². The summed E-state index contributed by atoms with van der Waals surface area (Å²) in [4.78, 5) is 0.338. The Morgan fingerprint density at radius 3 is 2.19 bits per heavy atom. The largest absolute Gasteiger partial charge is 0.243 e. The highest BCUT2D eigenvalue weighted by molar-refractivity contribution is 7.89. The summed E-state index contributed by atoms with van der Waals surface area (Å²) in [5.74, 6) is 0. The maximum Gasteiger partial charge on any atom is 0.243 e. The molecular weight excluding hydrogens is 356 g/mol. The van der Waals surface area contributed by atoms with Crippen molar-refractivity contribution in [2.24, 2.45) is 0 Å². The quantitative estimate of drug-likeness (QED) is 0.692. The van der Waals surface area contributed by atoms with Gasteiger partial charge >= 0.3 is 0 Å². The highest BCUT2D eigenvalue weighted by Crippen LogP contribution is 2.37. The number of nitrogens with zero attached hydrogens (tertiary/aromatic N) is 2. The van der Waals surface area contributed by atoms with E-state index in [9.17, 15) is 13.7 Å². The van der Waals surface area contributed by atoms with Crippen LogP contribution in [0.25, 0.3) is 10.8 Å². The minimum atomic E-state index is -3.61. The molecule has 0 aliphatic carbocycles. The van der Waals surface area contributed by atoms with E-state index in [0.29, 0.717) is 30.8 Å². The molecule has 0 unspecified atom stereocenters. The third-order valence-corrected chi connectivity index (χ3v) is 7.44. The molecule has 3 aromatic rings. The maximum absolute atomic E-state index is 13.3. The van der Waals surface area contributed by atoms with Gasteiger partial charge in [-0.05, 0) is 29.9 Å². The van der Waals surface area contributed by atoms with Gasteiger partial charge in [-0.2, -0.15) is 9.57 Å². The second-order valence-electron chi connectivity index (χ2n) is 6.94. The van der Waals surface area contributed by atoms with E-state index in [2.05, 4.69) is 6.07 Å². The summed E-state index contributed by atoms with van der Waals surface area (Å²) in [6.45, 7) is 0.683. The zero-order chi connectivity index (χ0) is 18.9. The molecule has 3 aromatic carbocycles. The van der Waals surface area contributed by atoms with Gasteiger partial charge in [0.25, 0.3) is 0 Å². The second kappa shape index (κ2) is 6.80. The fourth-order valence-corrected chi connectivity index (χ4v) is 5.55. The van der Waals surface area contributed by atoms with Crippen LogP contribution in [0.5, 0.6) is 0 Å². The van der Waals surface area contributed by atoms with Crippen LogP contribution >= 0.6 is 0 Å². The molecule has 1 saturated heterocycles. The average Bonchev–Trinajstić information content (AvgIpc) is 2.74. The van der Waals surface area contributed by atoms with E-state index in [0.717, 1.165) is 16.3 Å². The molecular formula is C22H20N2O2S. The standard InChI is InChI=1S/C22H20N2O2S/c23-17-22(19-9-2-1-3-10-19)13-15-24(16-14-22)27(25,26)21-12-6-8-18-7-4-5-11-20(18)21/h1-12H,13-16H2. The number of hydrogen-bond acceptors (Lipinski definition) is 3. The normalized spacial score (nSPS) is 17.4. The summed E-state index contributed by atoms with van der Waals surface area (Å²) >= 11 is 0. The molecule has 1 aliphatic heterocycles. The molecule has 0 atom stereocenters. The van der Waals surface area contributed by atoms with Crippen LogP contribution in [0.15, 0.2) is 77.7 Å². The first-order chi connectivity index (χ1) is 13.1. The van der Waals surface area contributed by atoms with Crippen molar-refractivity contribution in [2.75, 3.05) is 13.1 Å². The summed E-state index contributed by atoms with van der Waals surface area (Å²) in [7, 11) is -3.61. The van der Waals surface area contributed by atoms with E-state index in [1.807, 2.05) is 60.7 Å². The summed E-state index contributed by atoms with van der Waals surface area (Å²) in [6.07, 6.45) is 0.995. The van der Waals surface area contributed by atoms with Crippen molar-refractivity contribution in [3.05, 3.63) is 78.4 Å². The molecule has 0 radical (unpaired) electrons. The second-order valence-corrected chi connectivity index (χ2v) is 8.85. The van der Waals surface area contributed by atoms with Gasteiger partial charge in [0.15, 0.2) is 0 Å². The summed E-state index contributed by atoms with van der Waals surface area (Å²) in [5.41, 5.74) is 0.348. The van der Waals surface area contributed by atoms with Crippen molar-refractivity contribution in [3.63, 3.8) is 0 Å². The van der Waals surface area contributed by atoms with Crippen molar-refractivity contribution < 1.29 is 8.42 Å². The van der Waals surface area contributed by atoms with Gasteiger partial charge in [0.1, 0.15) is 0 Å². The van der Waals surface area contributed by atoms with E-state index < -0.39 is 15.4 Å². The summed E-state index contributed by atoms with van der Waals surface area (Å²) < 4.78 is 28.1. The molecule has 0 amide bonds. The molecule has 1 heterocycles. The Morgan fingerprint density at radius 1 is 0.852 bits per heavy atom. The SMILES string of the molecule is N#CC1(c2ccccc2)CCN(S(=O)(=O)c2cccc3ccccc23)CC1. The number of benzene rings is 3. The predicted octanol–water partition coefficient (Wildman–Crippen LogP) is 4.09.